The van der Waals surface area contributed by atoms with E-state index in [1.165, 1.54) is 10.5 Å². The zero-order chi connectivity index (χ0) is 22.5. The first-order chi connectivity index (χ1) is 14.8. The van der Waals surface area contributed by atoms with E-state index in [0.717, 1.165) is 55.7 Å². The number of primary amides is 1. The molecule has 1 heterocycles. The fourth-order valence-corrected chi connectivity index (χ4v) is 4.54. The lowest BCUT2D eigenvalue weighted by Gasteiger charge is -2.37. The average Bonchev–Trinajstić information content (AvgIpc) is 2.77. The number of benzene rings is 2. The van der Waals surface area contributed by atoms with Gasteiger partial charge in [0, 0.05) is 38.3 Å². The molecule has 3 rings (SSSR count). The van der Waals surface area contributed by atoms with Crippen LogP contribution in [0.1, 0.15) is 39.9 Å². The van der Waals surface area contributed by atoms with Gasteiger partial charge in [-0.05, 0) is 69.0 Å². The van der Waals surface area contributed by atoms with Gasteiger partial charge in [0.15, 0.2) is 0 Å². The first-order valence-electron chi connectivity index (χ1n) is 11.0. The van der Waals surface area contributed by atoms with Gasteiger partial charge in [-0.1, -0.05) is 30.3 Å². The third-order valence-electron chi connectivity index (χ3n) is 6.38. The number of carbonyl (C=O) groups is 2. The number of rotatable bonds is 6. The minimum atomic E-state index is -0.510. The number of aryl methyl sites for hydroxylation is 2. The zero-order valence-electron chi connectivity index (χ0n) is 19.5. The summed E-state index contributed by atoms with van der Waals surface area (Å²) >= 11 is 0. The first kappa shape index (κ1) is 25.7. The fourth-order valence-electron chi connectivity index (χ4n) is 4.54. The van der Waals surface area contributed by atoms with Gasteiger partial charge >= 0.3 is 6.03 Å². The Kier molecular flexibility index (Phi) is 9.10. The molecular formula is C25H35ClN4O2. The Balaban J connectivity index is 0.00000363. The molecule has 6 nitrogen and oxygen atoms in total. The van der Waals surface area contributed by atoms with Crippen molar-refractivity contribution in [1.29, 1.82) is 0 Å². The number of halogens is 1. The summed E-state index contributed by atoms with van der Waals surface area (Å²) in [7, 11) is 3.84. The maximum absolute atomic E-state index is 13.1. The Morgan fingerprint density at radius 2 is 1.59 bits per heavy atom. The molecule has 32 heavy (non-hydrogen) atoms. The second kappa shape index (κ2) is 11.3. The highest BCUT2D eigenvalue weighted by molar-refractivity contribution is 5.97. The van der Waals surface area contributed by atoms with Crippen LogP contribution in [0.3, 0.4) is 0 Å². The summed E-state index contributed by atoms with van der Waals surface area (Å²) in [6, 6.07) is 14.3. The number of piperidine rings is 1. The van der Waals surface area contributed by atoms with Gasteiger partial charge in [-0.25, -0.2) is 4.79 Å². The van der Waals surface area contributed by atoms with E-state index in [1.807, 2.05) is 36.9 Å². The molecule has 174 valence electrons. The van der Waals surface area contributed by atoms with Gasteiger partial charge in [-0.3, -0.25) is 9.69 Å². The molecule has 0 radical (unpaired) electrons. The lowest BCUT2D eigenvalue weighted by molar-refractivity contribution is 0.0646. The van der Waals surface area contributed by atoms with Crippen LogP contribution in [0.25, 0.3) is 0 Å². The second-order valence-electron chi connectivity index (χ2n) is 8.60. The molecule has 2 N–H and O–H groups in total. The van der Waals surface area contributed by atoms with Crippen LogP contribution in [0.15, 0.2) is 42.5 Å². The van der Waals surface area contributed by atoms with E-state index in [9.17, 15) is 9.59 Å². The van der Waals surface area contributed by atoms with Gasteiger partial charge in [0.05, 0.1) is 5.69 Å². The molecule has 2 aromatic carbocycles. The van der Waals surface area contributed by atoms with Crippen molar-refractivity contribution in [1.82, 2.24) is 9.80 Å². The molecule has 3 amide bonds. The highest BCUT2D eigenvalue weighted by Gasteiger charge is 2.26. The SMILES string of the molecule is Cc1cc(C(=O)N2CCC(N(C)CCc3ccccc3)CC2)cc(C)c1N(C)C(N)=O.Cl. The Hall–Kier alpha value is -2.57. The summed E-state index contributed by atoms with van der Waals surface area (Å²) in [5, 5.41) is 0. The van der Waals surface area contributed by atoms with Gasteiger partial charge in [0.2, 0.25) is 0 Å². The standard InChI is InChI=1S/C25H34N4O2.ClH/c1-18-16-21(17-19(2)23(18)28(4)25(26)31)24(30)29-14-11-22(12-15-29)27(3)13-10-20-8-6-5-7-9-20;/h5-9,16-17,22H,10-15H2,1-4H3,(H2,26,31);1H. The molecule has 0 spiro atoms. The third kappa shape index (κ3) is 6.02. The number of nitrogens with zero attached hydrogens (tertiary/aromatic N) is 3. The van der Waals surface area contributed by atoms with Crippen LogP contribution in [0.5, 0.6) is 0 Å². The van der Waals surface area contributed by atoms with Crippen LogP contribution in [0.4, 0.5) is 10.5 Å². The molecule has 0 saturated carbocycles. The van der Waals surface area contributed by atoms with E-state index in [2.05, 4.69) is 36.2 Å². The number of likely N-dealkylation sites (N-methyl/N-ethyl adjacent to an activating group) is 1. The van der Waals surface area contributed by atoms with Crippen LogP contribution >= 0.6 is 12.4 Å². The zero-order valence-corrected chi connectivity index (χ0v) is 20.3. The molecule has 1 saturated heterocycles. The van der Waals surface area contributed by atoms with Crippen molar-refractivity contribution in [3.8, 4) is 0 Å². The Morgan fingerprint density at radius 1 is 1.03 bits per heavy atom. The highest BCUT2D eigenvalue weighted by atomic mass is 35.5. The summed E-state index contributed by atoms with van der Waals surface area (Å²) < 4.78 is 0. The van der Waals surface area contributed by atoms with E-state index < -0.39 is 6.03 Å². The molecule has 1 fully saturated rings. The van der Waals surface area contributed by atoms with E-state index in [1.54, 1.807) is 7.05 Å². The summed E-state index contributed by atoms with van der Waals surface area (Å²) in [5.41, 5.74) is 9.97. The van der Waals surface area contributed by atoms with Gasteiger partial charge in [-0.15, -0.1) is 12.4 Å². The van der Waals surface area contributed by atoms with Crippen molar-refractivity contribution < 1.29 is 9.59 Å². The van der Waals surface area contributed by atoms with Gasteiger partial charge < -0.3 is 15.5 Å². The molecule has 2 aromatic rings. The van der Waals surface area contributed by atoms with Crippen molar-refractivity contribution in [3.05, 3.63) is 64.7 Å². The quantitative estimate of drug-likeness (QED) is 0.710. The summed E-state index contributed by atoms with van der Waals surface area (Å²) in [4.78, 5) is 30.5. The number of likely N-dealkylation sites (tertiary alicyclic amines) is 1. The Bertz CT molecular complexity index is 904. The summed E-state index contributed by atoms with van der Waals surface area (Å²) in [5.74, 6) is 0.0601. The molecule has 0 bridgehead atoms. The van der Waals surface area contributed by atoms with Crippen LogP contribution in [-0.2, 0) is 6.42 Å². The Morgan fingerprint density at radius 3 is 2.12 bits per heavy atom. The van der Waals surface area contributed by atoms with Crippen molar-refractivity contribution in [2.24, 2.45) is 5.73 Å². The Labute approximate surface area is 197 Å². The number of carbonyl (C=O) groups excluding carboxylic acids is 2. The number of urea groups is 1. The van der Waals surface area contributed by atoms with Crippen LogP contribution in [0.2, 0.25) is 0 Å². The monoisotopic (exact) mass is 458 g/mol. The molecule has 0 unspecified atom stereocenters. The summed E-state index contributed by atoms with van der Waals surface area (Å²) in [6.45, 7) is 6.37. The molecule has 0 atom stereocenters. The number of hydrogen-bond donors (Lipinski definition) is 1. The second-order valence-corrected chi connectivity index (χ2v) is 8.60. The van der Waals surface area contributed by atoms with Crippen LogP contribution < -0.4 is 10.6 Å². The number of nitrogens with two attached hydrogens (primary N) is 1. The predicted molar refractivity (Wildman–Crippen MR) is 133 cm³/mol. The molecule has 1 aliphatic rings. The minimum absolute atomic E-state index is 0. The molecule has 7 heteroatoms. The maximum atomic E-state index is 13.1. The number of anilines is 1. The first-order valence-corrected chi connectivity index (χ1v) is 11.0. The third-order valence-corrected chi connectivity index (χ3v) is 6.38. The number of amides is 3. The van der Waals surface area contributed by atoms with Crippen molar-refractivity contribution in [2.75, 3.05) is 38.6 Å². The lowest BCUT2D eigenvalue weighted by atomic mass is 9.99. The van der Waals surface area contributed by atoms with Crippen molar-refractivity contribution in [3.63, 3.8) is 0 Å². The largest absolute Gasteiger partial charge is 0.351 e. The predicted octanol–water partition coefficient (Wildman–Crippen LogP) is 4.02. The van der Waals surface area contributed by atoms with Gasteiger partial charge in [0.1, 0.15) is 0 Å². The fraction of sp³-hybridized carbons (Fsp3) is 0.440. The topological polar surface area (TPSA) is 69.9 Å². The molecular weight excluding hydrogens is 424 g/mol. The minimum Gasteiger partial charge on any atom is -0.351 e. The molecule has 0 aliphatic carbocycles. The highest BCUT2D eigenvalue weighted by Crippen LogP contribution is 2.27. The van der Waals surface area contributed by atoms with E-state index in [0.29, 0.717) is 11.6 Å². The smallest absolute Gasteiger partial charge is 0.319 e. The lowest BCUT2D eigenvalue weighted by Crippen LogP contribution is -2.46. The van der Waals surface area contributed by atoms with Gasteiger partial charge in [-0.2, -0.15) is 0 Å². The van der Waals surface area contributed by atoms with Crippen molar-refractivity contribution >= 4 is 30.0 Å². The molecule has 0 aromatic heterocycles. The van der Waals surface area contributed by atoms with Crippen LogP contribution in [-0.4, -0.2) is 61.5 Å². The average molecular weight is 459 g/mol. The maximum Gasteiger partial charge on any atom is 0.319 e. The van der Waals surface area contributed by atoms with E-state index in [4.69, 9.17) is 5.73 Å². The van der Waals surface area contributed by atoms with Gasteiger partial charge in [0.25, 0.3) is 5.91 Å². The number of hydrogen-bond acceptors (Lipinski definition) is 3. The normalized spacial score (nSPS) is 14.2. The van der Waals surface area contributed by atoms with Crippen LogP contribution in [0, 0.1) is 13.8 Å². The van der Waals surface area contributed by atoms with Crippen molar-refractivity contribution in [2.45, 2.75) is 39.2 Å². The van der Waals surface area contributed by atoms with E-state index >= 15 is 0 Å². The summed E-state index contributed by atoms with van der Waals surface area (Å²) in [6.07, 6.45) is 3.01. The van der Waals surface area contributed by atoms with E-state index in [-0.39, 0.29) is 18.3 Å². The molecule has 1 aliphatic heterocycles.